The average molecular weight is 207 g/mol. The lowest BCUT2D eigenvalue weighted by Gasteiger charge is -2.38. The SMILES string of the molecule is Cc1nc(N)nc(NCC2(C)CCC2)n1. The van der Waals surface area contributed by atoms with Gasteiger partial charge in [-0.2, -0.15) is 15.0 Å². The van der Waals surface area contributed by atoms with Crippen molar-refractivity contribution in [2.24, 2.45) is 5.41 Å². The van der Waals surface area contributed by atoms with Crippen LogP contribution in [0, 0.1) is 12.3 Å². The normalized spacial score (nSPS) is 18.3. The molecule has 5 heteroatoms. The zero-order valence-electron chi connectivity index (χ0n) is 9.25. The average Bonchev–Trinajstić information content (AvgIpc) is 2.10. The maximum Gasteiger partial charge on any atom is 0.227 e. The molecule has 0 bridgehead atoms. The van der Waals surface area contributed by atoms with Crippen LogP contribution in [-0.2, 0) is 0 Å². The molecule has 1 aromatic heterocycles. The molecule has 0 aliphatic heterocycles. The largest absolute Gasteiger partial charge is 0.368 e. The van der Waals surface area contributed by atoms with Gasteiger partial charge in [0.15, 0.2) is 0 Å². The Morgan fingerprint density at radius 2 is 2.07 bits per heavy atom. The van der Waals surface area contributed by atoms with Crippen LogP contribution in [0.15, 0.2) is 0 Å². The van der Waals surface area contributed by atoms with E-state index in [9.17, 15) is 0 Å². The number of rotatable bonds is 3. The van der Waals surface area contributed by atoms with Crippen LogP contribution >= 0.6 is 0 Å². The Kier molecular flexibility index (Phi) is 2.46. The van der Waals surface area contributed by atoms with E-state index in [-0.39, 0.29) is 5.95 Å². The molecule has 5 nitrogen and oxygen atoms in total. The zero-order valence-corrected chi connectivity index (χ0v) is 9.25. The smallest absolute Gasteiger partial charge is 0.227 e. The van der Waals surface area contributed by atoms with Crippen LogP contribution in [0.3, 0.4) is 0 Å². The molecule has 0 unspecified atom stereocenters. The molecular weight excluding hydrogens is 190 g/mol. The molecule has 0 amide bonds. The Hall–Kier alpha value is -1.39. The molecular formula is C10H17N5. The van der Waals surface area contributed by atoms with Crippen LogP contribution in [0.4, 0.5) is 11.9 Å². The molecule has 0 saturated heterocycles. The number of anilines is 2. The summed E-state index contributed by atoms with van der Waals surface area (Å²) >= 11 is 0. The highest BCUT2D eigenvalue weighted by Gasteiger charge is 2.31. The molecule has 1 aliphatic carbocycles. The molecule has 0 atom stereocenters. The van der Waals surface area contributed by atoms with E-state index in [1.165, 1.54) is 19.3 Å². The standard InChI is InChI=1S/C10H17N5/c1-7-13-8(11)15-9(14-7)12-6-10(2)4-3-5-10/h3-6H2,1-2H3,(H3,11,12,13,14,15). The molecule has 0 spiro atoms. The number of hydrogen-bond acceptors (Lipinski definition) is 5. The summed E-state index contributed by atoms with van der Waals surface area (Å²) < 4.78 is 0. The molecule has 3 N–H and O–H groups in total. The first-order valence-electron chi connectivity index (χ1n) is 5.29. The maximum atomic E-state index is 5.54. The van der Waals surface area contributed by atoms with Crippen molar-refractivity contribution in [3.8, 4) is 0 Å². The third kappa shape index (κ3) is 2.34. The van der Waals surface area contributed by atoms with Crippen molar-refractivity contribution >= 4 is 11.9 Å². The number of aryl methyl sites for hydroxylation is 1. The van der Waals surface area contributed by atoms with Gasteiger partial charge in [-0.25, -0.2) is 0 Å². The minimum absolute atomic E-state index is 0.281. The molecule has 0 aromatic carbocycles. The number of nitrogens with zero attached hydrogens (tertiary/aromatic N) is 3. The number of nitrogens with one attached hydrogen (secondary N) is 1. The first kappa shape index (κ1) is 10.1. The van der Waals surface area contributed by atoms with Crippen LogP contribution in [0.1, 0.15) is 32.0 Å². The monoisotopic (exact) mass is 207 g/mol. The summed E-state index contributed by atoms with van der Waals surface area (Å²) in [6.07, 6.45) is 3.88. The number of nitrogen functional groups attached to an aromatic ring is 1. The Morgan fingerprint density at radius 1 is 1.33 bits per heavy atom. The lowest BCUT2D eigenvalue weighted by molar-refractivity contribution is 0.179. The fourth-order valence-corrected chi connectivity index (χ4v) is 1.83. The Bertz CT molecular complexity index is 339. The first-order valence-corrected chi connectivity index (χ1v) is 5.29. The lowest BCUT2D eigenvalue weighted by Crippen LogP contribution is -2.33. The van der Waals surface area contributed by atoms with Crippen molar-refractivity contribution in [1.82, 2.24) is 15.0 Å². The highest BCUT2D eigenvalue weighted by atomic mass is 15.2. The Labute approximate surface area is 89.5 Å². The van der Waals surface area contributed by atoms with Crippen molar-refractivity contribution in [3.63, 3.8) is 0 Å². The summed E-state index contributed by atoms with van der Waals surface area (Å²) in [7, 11) is 0. The van der Waals surface area contributed by atoms with Crippen LogP contribution < -0.4 is 11.1 Å². The Balaban J connectivity index is 1.98. The Morgan fingerprint density at radius 3 is 2.60 bits per heavy atom. The first-order chi connectivity index (χ1) is 7.07. The van der Waals surface area contributed by atoms with E-state index in [1.54, 1.807) is 0 Å². The zero-order chi connectivity index (χ0) is 10.9. The van der Waals surface area contributed by atoms with E-state index < -0.39 is 0 Å². The van der Waals surface area contributed by atoms with Gasteiger partial charge in [-0.15, -0.1) is 0 Å². The summed E-state index contributed by atoms with van der Waals surface area (Å²) in [5, 5.41) is 3.23. The minimum Gasteiger partial charge on any atom is -0.368 e. The second-order valence-corrected chi connectivity index (χ2v) is 4.58. The third-order valence-corrected chi connectivity index (χ3v) is 3.00. The quantitative estimate of drug-likeness (QED) is 0.782. The van der Waals surface area contributed by atoms with Gasteiger partial charge < -0.3 is 11.1 Å². The second-order valence-electron chi connectivity index (χ2n) is 4.58. The van der Waals surface area contributed by atoms with Crippen molar-refractivity contribution in [2.75, 3.05) is 17.6 Å². The van der Waals surface area contributed by atoms with Gasteiger partial charge in [-0.1, -0.05) is 13.3 Å². The number of hydrogen-bond donors (Lipinski definition) is 2. The molecule has 1 fully saturated rings. The summed E-state index contributed by atoms with van der Waals surface area (Å²) in [4.78, 5) is 12.2. The van der Waals surface area contributed by atoms with Gasteiger partial charge in [-0.05, 0) is 25.2 Å². The highest BCUT2D eigenvalue weighted by molar-refractivity contribution is 5.31. The molecule has 15 heavy (non-hydrogen) atoms. The summed E-state index contributed by atoms with van der Waals surface area (Å²) in [6.45, 7) is 5.01. The van der Waals surface area contributed by atoms with E-state index in [4.69, 9.17) is 5.73 Å². The summed E-state index contributed by atoms with van der Waals surface area (Å²) in [5.74, 6) is 1.53. The van der Waals surface area contributed by atoms with Crippen LogP contribution in [0.2, 0.25) is 0 Å². The highest BCUT2D eigenvalue weighted by Crippen LogP contribution is 2.39. The van der Waals surface area contributed by atoms with Crippen LogP contribution in [0.25, 0.3) is 0 Å². The van der Waals surface area contributed by atoms with Crippen molar-refractivity contribution in [2.45, 2.75) is 33.1 Å². The van der Waals surface area contributed by atoms with Gasteiger partial charge >= 0.3 is 0 Å². The van der Waals surface area contributed by atoms with Crippen LogP contribution in [-0.4, -0.2) is 21.5 Å². The van der Waals surface area contributed by atoms with Gasteiger partial charge in [0.2, 0.25) is 11.9 Å². The van der Waals surface area contributed by atoms with E-state index in [2.05, 4.69) is 27.2 Å². The fourth-order valence-electron chi connectivity index (χ4n) is 1.83. The van der Waals surface area contributed by atoms with E-state index in [0.29, 0.717) is 17.2 Å². The second kappa shape index (κ2) is 3.64. The molecule has 82 valence electrons. The molecule has 0 radical (unpaired) electrons. The molecule has 1 aliphatic rings. The summed E-state index contributed by atoms with van der Waals surface area (Å²) in [5.41, 5.74) is 5.96. The van der Waals surface area contributed by atoms with Crippen molar-refractivity contribution in [3.05, 3.63) is 5.82 Å². The van der Waals surface area contributed by atoms with E-state index >= 15 is 0 Å². The fraction of sp³-hybridized carbons (Fsp3) is 0.700. The van der Waals surface area contributed by atoms with Gasteiger partial charge in [0.1, 0.15) is 5.82 Å². The minimum atomic E-state index is 0.281. The van der Waals surface area contributed by atoms with Gasteiger partial charge in [0.05, 0.1) is 0 Å². The predicted octanol–water partition coefficient (Wildman–Crippen LogP) is 1.36. The summed E-state index contributed by atoms with van der Waals surface area (Å²) in [6, 6.07) is 0. The van der Waals surface area contributed by atoms with Crippen LogP contribution in [0.5, 0.6) is 0 Å². The van der Waals surface area contributed by atoms with Crippen molar-refractivity contribution in [1.29, 1.82) is 0 Å². The topological polar surface area (TPSA) is 76.7 Å². The lowest BCUT2D eigenvalue weighted by atomic mass is 9.70. The molecule has 1 saturated carbocycles. The number of nitrogens with two attached hydrogens (primary N) is 1. The van der Waals surface area contributed by atoms with Gasteiger partial charge in [-0.3, -0.25) is 0 Å². The molecule has 1 heterocycles. The predicted molar refractivity (Wildman–Crippen MR) is 59.4 cm³/mol. The molecule has 1 aromatic rings. The van der Waals surface area contributed by atoms with Crippen molar-refractivity contribution < 1.29 is 0 Å². The van der Waals surface area contributed by atoms with E-state index in [1.807, 2.05) is 6.92 Å². The van der Waals surface area contributed by atoms with E-state index in [0.717, 1.165) is 6.54 Å². The number of aromatic nitrogens is 3. The molecule has 2 rings (SSSR count). The maximum absolute atomic E-state index is 5.54. The van der Waals surface area contributed by atoms with Gasteiger partial charge in [0, 0.05) is 6.54 Å². The third-order valence-electron chi connectivity index (χ3n) is 3.00. The van der Waals surface area contributed by atoms with Gasteiger partial charge in [0.25, 0.3) is 0 Å².